The van der Waals surface area contributed by atoms with E-state index in [1.807, 2.05) is 0 Å². The summed E-state index contributed by atoms with van der Waals surface area (Å²) in [4.78, 5) is 27.3. The molecule has 11 heteroatoms. The minimum absolute atomic E-state index is 0.0458. The molecule has 0 radical (unpaired) electrons. The number of carbonyl (C=O) groups excluding carboxylic acids is 1. The molecule has 128 valence electrons. The Balaban J connectivity index is 1.81. The second kappa shape index (κ2) is 6.09. The molecule has 1 aliphatic heterocycles. The maximum absolute atomic E-state index is 11.9. The number of pyridine rings is 1. The highest BCUT2D eigenvalue weighted by Crippen LogP contribution is 2.26. The van der Waals surface area contributed by atoms with Gasteiger partial charge in [-0.1, -0.05) is 0 Å². The van der Waals surface area contributed by atoms with Crippen LogP contribution in [-0.2, 0) is 25.5 Å². The summed E-state index contributed by atoms with van der Waals surface area (Å²) in [5.74, 6) is -0.677. The first kappa shape index (κ1) is 16.2. The molecule has 3 rings (SSSR count). The van der Waals surface area contributed by atoms with Crippen molar-refractivity contribution in [1.82, 2.24) is 9.55 Å². The number of hydrogen-bond acceptors (Lipinski definition) is 9. The van der Waals surface area contributed by atoms with Crippen LogP contribution in [0.1, 0.15) is 5.76 Å². The predicted molar refractivity (Wildman–Crippen MR) is 80.7 cm³/mol. The number of hydrogen-bond donors (Lipinski definition) is 1. The van der Waals surface area contributed by atoms with Gasteiger partial charge in [-0.3, -0.25) is 4.18 Å². The normalized spacial score (nSPS) is 14.0. The molecule has 1 aliphatic rings. The fraction of sp³-hybridized carbons (Fsp3) is 0.308. The molecule has 0 saturated heterocycles. The number of nitrogens with zero attached hydrogens (tertiary/aromatic N) is 2. The third-order valence-corrected chi connectivity index (χ3v) is 3.65. The van der Waals surface area contributed by atoms with Crippen molar-refractivity contribution < 1.29 is 26.5 Å². The predicted octanol–water partition coefficient (Wildman–Crippen LogP) is -0.325. The van der Waals surface area contributed by atoms with Gasteiger partial charge in [0.15, 0.2) is 0 Å². The van der Waals surface area contributed by atoms with E-state index in [1.54, 1.807) is 12.1 Å². The lowest BCUT2D eigenvalue weighted by Gasteiger charge is -2.16. The van der Waals surface area contributed by atoms with Gasteiger partial charge in [-0.15, -0.1) is 0 Å². The molecule has 0 unspecified atom stereocenters. The largest absolute Gasteiger partial charge is 0.424 e. The van der Waals surface area contributed by atoms with Gasteiger partial charge < -0.3 is 14.5 Å². The van der Waals surface area contributed by atoms with E-state index in [0.717, 1.165) is 10.8 Å². The van der Waals surface area contributed by atoms with Crippen LogP contribution in [0.15, 0.2) is 27.5 Å². The maximum atomic E-state index is 11.9. The zero-order valence-corrected chi connectivity index (χ0v) is 13.3. The van der Waals surface area contributed by atoms with Crippen LogP contribution in [0, 0.1) is 0 Å². The van der Waals surface area contributed by atoms with Crippen LogP contribution in [0.2, 0.25) is 0 Å². The van der Waals surface area contributed by atoms with Crippen LogP contribution in [0.3, 0.4) is 0 Å². The van der Waals surface area contributed by atoms with E-state index >= 15 is 0 Å². The van der Waals surface area contributed by atoms with E-state index in [9.17, 15) is 18.0 Å². The van der Waals surface area contributed by atoms with Crippen molar-refractivity contribution in [2.75, 3.05) is 24.7 Å². The molecule has 24 heavy (non-hydrogen) atoms. The zero-order valence-electron chi connectivity index (χ0n) is 12.5. The lowest BCUT2D eigenvalue weighted by Crippen LogP contribution is -2.26. The molecule has 10 nitrogen and oxygen atoms in total. The number of anilines is 1. The van der Waals surface area contributed by atoms with Gasteiger partial charge in [0.25, 0.3) is 10.1 Å². The van der Waals surface area contributed by atoms with E-state index < -0.39 is 21.8 Å². The Bertz CT molecular complexity index is 945. The zero-order chi connectivity index (χ0) is 17.3. The number of rotatable bonds is 5. The third-order valence-electron chi connectivity index (χ3n) is 3.06. The third kappa shape index (κ3) is 3.63. The number of carbonyl (C=O) groups is 1. The van der Waals surface area contributed by atoms with Crippen molar-refractivity contribution in [3.05, 3.63) is 34.6 Å². The van der Waals surface area contributed by atoms with Crippen LogP contribution in [0.4, 0.5) is 5.69 Å². The summed E-state index contributed by atoms with van der Waals surface area (Å²) < 4.78 is 37.5. The van der Waals surface area contributed by atoms with Gasteiger partial charge in [0.2, 0.25) is 5.88 Å². The summed E-state index contributed by atoms with van der Waals surface area (Å²) in [5.41, 5.74) is 0.539. The van der Waals surface area contributed by atoms with Crippen LogP contribution >= 0.6 is 0 Å². The smallest absolute Gasteiger partial charge is 0.413 e. The van der Waals surface area contributed by atoms with E-state index in [4.69, 9.17) is 9.15 Å². The molecule has 2 aromatic rings. The monoisotopic (exact) mass is 355 g/mol. The van der Waals surface area contributed by atoms with Gasteiger partial charge in [-0.2, -0.15) is 13.4 Å². The van der Waals surface area contributed by atoms with Gasteiger partial charge >= 0.3 is 11.7 Å². The summed E-state index contributed by atoms with van der Waals surface area (Å²) in [5, 5.41) is 2.83. The van der Waals surface area contributed by atoms with Crippen molar-refractivity contribution in [3.63, 3.8) is 0 Å². The van der Waals surface area contributed by atoms with Crippen LogP contribution in [0.5, 0.6) is 5.88 Å². The molecule has 0 amide bonds. The number of oxazole rings is 1. The fourth-order valence-electron chi connectivity index (χ4n) is 2.04. The van der Waals surface area contributed by atoms with Gasteiger partial charge in [0.05, 0.1) is 24.7 Å². The number of nitrogens with one attached hydrogen (secondary N) is 1. The van der Waals surface area contributed by atoms with Crippen LogP contribution < -0.4 is 15.8 Å². The van der Waals surface area contributed by atoms with Crippen LogP contribution in [-0.4, -0.2) is 43.3 Å². The molecular formula is C13H13N3O7S. The summed E-state index contributed by atoms with van der Waals surface area (Å²) in [6.45, 7) is -0.102. The first-order valence-electron chi connectivity index (χ1n) is 6.83. The highest BCUT2D eigenvalue weighted by molar-refractivity contribution is 7.85. The molecule has 3 heterocycles. The van der Waals surface area contributed by atoms with Crippen molar-refractivity contribution >= 4 is 21.8 Å². The summed E-state index contributed by atoms with van der Waals surface area (Å²) >= 11 is 0. The minimum atomic E-state index is -3.56. The van der Waals surface area contributed by atoms with E-state index in [-0.39, 0.29) is 37.0 Å². The minimum Gasteiger partial charge on any atom is -0.413 e. The SMILES string of the molecule is CS(=O)(=O)OCCc1cn(-c2ccc3c(n2)OC(=O)CN3)c(=O)o1. The maximum Gasteiger partial charge on any atom is 0.424 e. The number of esters is 1. The Morgan fingerprint density at radius 1 is 1.38 bits per heavy atom. The number of aromatic nitrogens is 2. The summed E-state index contributed by atoms with van der Waals surface area (Å²) in [6, 6.07) is 3.18. The number of fused-ring (bicyclic) bond motifs is 1. The topological polar surface area (TPSA) is 130 Å². The molecule has 2 aromatic heterocycles. The molecule has 0 aromatic carbocycles. The van der Waals surface area contributed by atoms with Crippen LogP contribution in [0.25, 0.3) is 5.82 Å². The molecule has 0 fully saturated rings. The average molecular weight is 355 g/mol. The van der Waals surface area contributed by atoms with Crippen molar-refractivity contribution in [3.8, 4) is 11.7 Å². The van der Waals surface area contributed by atoms with Gasteiger partial charge in [-0.25, -0.2) is 14.2 Å². The number of ether oxygens (including phenoxy) is 1. The summed E-state index contributed by atoms with van der Waals surface area (Å²) in [6.07, 6.45) is 2.40. The summed E-state index contributed by atoms with van der Waals surface area (Å²) in [7, 11) is -3.56. The first-order chi connectivity index (χ1) is 11.3. The van der Waals surface area contributed by atoms with E-state index in [1.165, 1.54) is 6.20 Å². The molecule has 0 bridgehead atoms. The Labute approximate surface area is 136 Å². The first-order valence-corrected chi connectivity index (χ1v) is 8.65. The molecule has 0 saturated carbocycles. The second-order valence-corrected chi connectivity index (χ2v) is 6.60. The lowest BCUT2D eigenvalue weighted by atomic mass is 10.3. The fourth-order valence-corrected chi connectivity index (χ4v) is 2.43. The second-order valence-electron chi connectivity index (χ2n) is 4.96. The molecule has 0 atom stereocenters. The Hall–Kier alpha value is -2.66. The molecule has 0 spiro atoms. The molecular weight excluding hydrogens is 342 g/mol. The lowest BCUT2D eigenvalue weighted by molar-refractivity contribution is -0.133. The van der Waals surface area contributed by atoms with E-state index in [2.05, 4.69) is 14.5 Å². The van der Waals surface area contributed by atoms with Gasteiger partial charge in [-0.05, 0) is 12.1 Å². The average Bonchev–Trinajstić information content (AvgIpc) is 2.86. The van der Waals surface area contributed by atoms with Gasteiger partial charge in [0, 0.05) is 6.42 Å². The van der Waals surface area contributed by atoms with Crippen molar-refractivity contribution in [2.24, 2.45) is 0 Å². The van der Waals surface area contributed by atoms with E-state index in [0.29, 0.717) is 5.69 Å². The standard InChI is InChI=1S/C13H13N3O7S/c1-24(19,20)21-5-4-8-7-16(13(18)22-8)10-3-2-9-12(15-10)23-11(17)6-14-9/h2-3,7,14H,4-6H2,1H3. The quantitative estimate of drug-likeness (QED) is 0.566. The van der Waals surface area contributed by atoms with Crippen molar-refractivity contribution in [2.45, 2.75) is 6.42 Å². The molecule has 0 aliphatic carbocycles. The molecule has 1 N–H and O–H groups in total. The Morgan fingerprint density at radius 2 is 2.17 bits per heavy atom. The highest BCUT2D eigenvalue weighted by atomic mass is 32.2. The van der Waals surface area contributed by atoms with Crippen molar-refractivity contribution in [1.29, 1.82) is 0 Å². The highest BCUT2D eigenvalue weighted by Gasteiger charge is 2.19. The Kier molecular flexibility index (Phi) is 4.11. The Morgan fingerprint density at radius 3 is 2.92 bits per heavy atom. The van der Waals surface area contributed by atoms with Gasteiger partial charge in [0.1, 0.15) is 18.1 Å².